The first-order chi connectivity index (χ1) is 11.8. The van der Waals surface area contributed by atoms with Crippen LogP contribution in [0.2, 0.25) is 0 Å². The Balaban J connectivity index is 1.50. The Hall–Kier alpha value is -2.60. The predicted molar refractivity (Wildman–Crippen MR) is 88.6 cm³/mol. The van der Waals surface area contributed by atoms with E-state index in [2.05, 4.69) is 31.1 Å². The molecular weight excluding hydrogens is 305 g/mol. The van der Waals surface area contributed by atoms with E-state index in [9.17, 15) is 4.39 Å². The normalized spacial score (nSPS) is 16.8. The van der Waals surface area contributed by atoms with Crippen molar-refractivity contribution in [3.05, 3.63) is 66.0 Å². The monoisotopic (exact) mass is 323 g/mol. The number of hydrogen-bond acceptors (Lipinski definition) is 4. The summed E-state index contributed by atoms with van der Waals surface area (Å²) < 4.78 is 15.3. The maximum Gasteiger partial charge on any atom is 0.164 e. The lowest BCUT2D eigenvalue weighted by atomic mass is 10.1. The lowest BCUT2D eigenvalue weighted by molar-refractivity contribution is 0.380. The highest BCUT2D eigenvalue weighted by atomic mass is 19.1. The van der Waals surface area contributed by atoms with Crippen LogP contribution in [0.15, 0.2) is 48.8 Å². The zero-order valence-electron chi connectivity index (χ0n) is 13.2. The quantitative estimate of drug-likeness (QED) is 0.802. The molecule has 0 bridgehead atoms. The van der Waals surface area contributed by atoms with Crippen LogP contribution in [0.1, 0.15) is 17.8 Å². The molecule has 24 heavy (non-hydrogen) atoms. The summed E-state index contributed by atoms with van der Waals surface area (Å²) >= 11 is 0. The Morgan fingerprint density at radius 3 is 2.83 bits per heavy atom. The number of nitrogens with zero attached hydrogens (tertiary/aromatic N) is 4. The second-order valence-electron chi connectivity index (χ2n) is 6.04. The van der Waals surface area contributed by atoms with Gasteiger partial charge in [0, 0.05) is 43.5 Å². The van der Waals surface area contributed by atoms with E-state index in [-0.39, 0.29) is 5.82 Å². The van der Waals surface area contributed by atoms with Gasteiger partial charge in [-0.25, -0.2) is 4.39 Å². The van der Waals surface area contributed by atoms with E-state index in [0.29, 0.717) is 6.04 Å². The van der Waals surface area contributed by atoms with Gasteiger partial charge >= 0.3 is 0 Å². The molecule has 1 aromatic carbocycles. The van der Waals surface area contributed by atoms with E-state index in [1.807, 2.05) is 12.3 Å². The molecule has 1 aliphatic rings. The van der Waals surface area contributed by atoms with Gasteiger partial charge in [-0.05, 0) is 42.3 Å². The minimum atomic E-state index is -0.242. The average Bonchev–Trinajstić information content (AvgIpc) is 3.05. The smallest absolute Gasteiger partial charge is 0.164 e. The Morgan fingerprint density at radius 2 is 2.04 bits per heavy atom. The van der Waals surface area contributed by atoms with Crippen molar-refractivity contribution >= 4 is 0 Å². The molecule has 3 heterocycles. The molecular formula is C18H18FN5. The number of fused-ring (bicyclic) bond motifs is 1. The first-order valence-corrected chi connectivity index (χ1v) is 8.10. The summed E-state index contributed by atoms with van der Waals surface area (Å²) in [5, 5.41) is 12.2. The largest absolute Gasteiger partial charge is 0.309 e. The predicted octanol–water partition coefficient (Wildman–Crippen LogP) is 2.58. The van der Waals surface area contributed by atoms with Crippen LogP contribution < -0.4 is 5.32 Å². The molecule has 0 aliphatic carbocycles. The Labute approximate surface area is 139 Å². The molecule has 0 amide bonds. The number of pyridine rings is 1. The first kappa shape index (κ1) is 15.0. The molecule has 1 unspecified atom stereocenters. The molecule has 122 valence electrons. The number of halogens is 1. The number of aryl methyl sites for hydroxylation is 1. The third kappa shape index (κ3) is 3.05. The molecule has 0 saturated heterocycles. The molecule has 2 aromatic heterocycles. The van der Waals surface area contributed by atoms with Gasteiger partial charge in [0.05, 0.1) is 0 Å². The van der Waals surface area contributed by atoms with Crippen molar-refractivity contribution in [2.45, 2.75) is 32.0 Å². The second-order valence-corrected chi connectivity index (χ2v) is 6.04. The fourth-order valence-corrected chi connectivity index (χ4v) is 3.07. The maximum atomic E-state index is 13.1. The summed E-state index contributed by atoms with van der Waals surface area (Å²) in [6.45, 7) is 1.61. The number of benzene rings is 1. The second kappa shape index (κ2) is 6.49. The van der Waals surface area contributed by atoms with Gasteiger partial charge < -0.3 is 9.88 Å². The summed E-state index contributed by atoms with van der Waals surface area (Å²) in [6, 6.07) is 10.8. The third-order valence-corrected chi connectivity index (χ3v) is 4.37. The molecule has 0 saturated carbocycles. The minimum absolute atomic E-state index is 0.242. The van der Waals surface area contributed by atoms with Gasteiger partial charge in [0.1, 0.15) is 11.6 Å². The fourth-order valence-electron chi connectivity index (χ4n) is 3.07. The average molecular weight is 323 g/mol. The highest BCUT2D eigenvalue weighted by Gasteiger charge is 2.23. The van der Waals surface area contributed by atoms with Crippen molar-refractivity contribution in [1.82, 2.24) is 25.1 Å². The summed E-state index contributed by atoms with van der Waals surface area (Å²) in [4.78, 5) is 4.14. The number of rotatable bonds is 4. The van der Waals surface area contributed by atoms with Crippen LogP contribution >= 0.6 is 0 Å². The summed E-state index contributed by atoms with van der Waals surface area (Å²) in [6.07, 6.45) is 5.58. The molecule has 1 atom stereocenters. The van der Waals surface area contributed by atoms with Gasteiger partial charge in [0.25, 0.3) is 0 Å². The Morgan fingerprint density at radius 1 is 1.17 bits per heavy atom. The van der Waals surface area contributed by atoms with Crippen LogP contribution in [-0.2, 0) is 19.5 Å². The Kier molecular flexibility index (Phi) is 4.04. The number of aromatic nitrogens is 4. The highest BCUT2D eigenvalue weighted by molar-refractivity contribution is 5.55. The molecule has 4 rings (SSSR count). The highest BCUT2D eigenvalue weighted by Crippen LogP contribution is 2.23. The summed E-state index contributed by atoms with van der Waals surface area (Å²) in [5.41, 5.74) is 2.06. The van der Waals surface area contributed by atoms with Crippen molar-refractivity contribution in [2.24, 2.45) is 0 Å². The summed E-state index contributed by atoms with van der Waals surface area (Å²) in [5.74, 6) is 1.56. The van der Waals surface area contributed by atoms with Gasteiger partial charge in [-0.3, -0.25) is 4.98 Å². The molecule has 1 N–H and O–H groups in total. The van der Waals surface area contributed by atoms with E-state index >= 15 is 0 Å². The van der Waals surface area contributed by atoms with Crippen LogP contribution in [0.5, 0.6) is 0 Å². The van der Waals surface area contributed by atoms with Gasteiger partial charge in [-0.1, -0.05) is 6.07 Å². The van der Waals surface area contributed by atoms with E-state index in [4.69, 9.17) is 0 Å². The molecule has 0 spiro atoms. The first-order valence-electron chi connectivity index (χ1n) is 8.10. The lowest BCUT2D eigenvalue weighted by Gasteiger charge is -2.25. The van der Waals surface area contributed by atoms with Crippen LogP contribution in [0.4, 0.5) is 4.39 Å². The van der Waals surface area contributed by atoms with Crippen molar-refractivity contribution in [1.29, 1.82) is 0 Å². The van der Waals surface area contributed by atoms with Crippen LogP contribution in [0, 0.1) is 5.82 Å². The van der Waals surface area contributed by atoms with Crippen LogP contribution in [0.3, 0.4) is 0 Å². The zero-order chi connectivity index (χ0) is 16.4. The molecule has 6 heteroatoms. The van der Waals surface area contributed by atoms with Crippen molar-refractivity contribution in [2.75, 3.05) is 0 Å². The molecule has 5 nitrogen and oxygen atoms in total. The van der Waals surface area contributed by atoms with Crippen LogP contribution in [0.25, 0.3) is 11.4 Å². The minimum Gasteiger partial charge on any atom is -0.309 e. The number of hydrogen-bond donors (Lipinski definition) is 1. The van der Waals surface area contributed by atoms with Gasteiger partial charge in [0.15, 0.2) is 5.82 Å². The van der Waals surface area contributed by atoms with Gasteiger partial charge in [-0.15, -0.1) is 10.2 Å². The third-order valence-electron chi connectivity index (χ3n) is 4.37. The van der Waals surface area contributed by atoms with Gasteiger partial charge in [-0.2, -0.15) is 0 Å². The SMILES string of the molecule is Fc1ccc(-c2nnc3n2CC(NCc2cccnc2)CC3)cc1. The molecule has 0 fully saturated rings. The topological polar surface area (TPSA) is 55.6 Å². The van der Waals surface area contributed by atoms with Crippen molar-refractivity contribution in [3.63, 3.8) is 0 Å². The van der Waals surface area contributed by atoms with E-state index in [0.717, 1.165) is 43.1 Å². The van der Waals surface area contributed by atoms with Gasteiger partial charge in [0.2, 0.25) is 0 Å². The molecule has 1 aliphatic heterocycles. The van der Waals surface area contributed by atoms with Crippen LogP contribution in [-0.4, -0.2) is 25.8 Å². The van der Waals surface area contributed by atoms with Crippen molar-refractivity contribution < 1.29 is 4.39 Å². The Bertz CT molecular complexity index is 813. The van der Waals surface area contributed by atoms with E-state index < -0.39 is 0 Å². The molecule has 0 radical (unpaired) electrons. The fraction of sp³-hybridized carbons (Fsp3) is 0.278. The van der Waals surface area contributed by atoms with E-state index in [1.165, 1.54) is 17.7 Å². The summed E-state index contributed by atoms with van der Waals surface area (Å²) in [7, 11) is 0. The zero-order valence-corrected chi connectivity index (χ0v) is 13.2. The van der Waals surface area contributed by atoms with E-state index in [1.54, 1.807) is 18.3 Å². The lowest BCUT2D eigenvalue weighted by Crippen LogP contribution is -2.37. The maximum absolute atomic E-state index is 13.1. The number of nitrogens with one attached hydrogen (secondary N) is 1. The van der Waals surface area contributed by atoms with Crippen molar-refractivity contribution in [3.8, 4) is 11.4 Å². The standard InChI is InChI=1S/C18H18FN5/c19-15-5-3-14(4-6-15)18-23-22-17-8-7-16(12-24(17)18)21-11-13-2-1-9-20-10-13/h1-6,9-10,16,21H,7-8,11-12H2. The molecule has 3 aromatic rings.